The highest BCUT2D eigenvalue weighted by atomic mass is 32.2. The molecule has 0 bridgehead atoms. The molecule has 0 saturated carbocycles. The Hall–Kier alpha value is -0.490. The number of thioether (sulfide) groups is 2. The number of aliphatic imine (C=N–C) groups is 1. The number of ether oxygens (including phenoxy) is 1. The normalized spacial score (nSPS) is 23.8. The summed E-state index contributed by atoms with van der Waals surface area (Å²) in [6.45, 7) is 5.06. The largest absolute Gasteiger partial charge is 0.376 e. The molecule has 0 radical (unpaired) electrons. The van der Waals surface area contributed by atoms with Gasteiger partial charge in [-0.15, -0.1) is 0 Å². The van der Waals surface area contributed by atoms with Crippen LogP contribution in [0.1, 0.15) is 12.0 Å². The van der Waals surface area contributed by atoms with E-state index in [-0.39, 0.29) is 0 Å². The first-order chi connectivity index (χ1) is 10.4. The minimum atomic E-state index is 0.324. The Morgan fingerprint density at radius 3 is 3.05 bits per heavy atom. The Kier molecular flexibility index (Phi) is 6.03. The molecule has 0 N–H and O–H groups in total. The Balaban J connectivity index is 1.50. The molecule has 114 valence electrons. The van der Waals surface area contributed by atoms with Crippen LogP contribution in [0.4, 0.5) is 0 Å². The monoisotopic (exact) mass is 322 g/mol. The minimum Gasteiger partial charge on any atom is -0.376 e. The van der Waals surface area contributed by atoms with Crippen molar-refractivity contribution in [3.8, 4) is 0 Å². The molecular formula is C16H22N2OS2. The van der Waals surface area contributed by atoms with Gasteiger partial charge in [0.15, 0.2) is 0 Å². The molecule has 2 aliphatic rings. The van der Waals surface area contributed by atoms with Crippen molar-refractivity contribution in [2.75, 3.05) is 37.7 Å². The van der Waals surface area contributed by atoms with E-state index in [1.165, 1.54) is 9.94 Å². The standard InChI is InChI=1S/C16H22N2OS2/c1-2-5-14(6-3-1)11-18-8-4-9-19-15(12-18)13-21-16-17-7-10-20-16/h1-3,5-6,15H,4,7-13H2. The van der Waals surface area contributed by atoms with Crippen LogP contribution >= 0.6 is 23.5 Å². The third-order valence-corrected chi connectivity index (χ3v) is 6.02. The summed E-state index contributed by atoms with van der Waals surface area (Å²) in [7, 11) is 0. The number of hydrogen-bond donors (Lipinski definition) is 0. The zero-order valence-corrected chi connectivity index (χ0v) is 13.9. The molecule has 2 aliphatic heterocycles. The SMILES string of the molecule is c1ccc(CN2CCCOC(CSC3=NCCS3)C2)cc1. The molecule has 1 saturated heterocycles. The molecular weight excluding hydrogens is 300 g/mol. The molecule has 0 amide bonds. The summed E-state index contributed by atoms with van der Waals surface area (Å²) in [4.78, 5) is 7.03. The van der Waals surface area contributed by atoms with E-state index in [0.29, 0.717) is 6.10 Å². The van der Waals surface area contributed by atoms with Crippen LogP contribution in [0, 0.1) is 0 Å². The highest BCUT2D eigenvalue weighted by Gasteiger charge is 2.20. The lowest BCUT2D eigenvalue weighted by atomic mass is 10.2. The Labute approximate surface area is 135 Å². The van der Waals surface area contributed by atoms with Gasteiger partial charge in [0, 0.05) is 37.7 Å². The Morgan fingerprint density at radius 1 is 1.33 bits per heavy atom. The van der Waals surface area contributed by atoms with E-state index in [9.17, 15) is 0 Å². The number of benzene rings is 1. The Bertz CT molecular complexity index is 467. The van der Waals surface area contributed by atoms with Crippen LogP contribution < -0.4 is 0 Å². The van der Waals surface area contributed by atoms with Gasteiger partial charge in [0.05, 0.1) is 12.6 Å². The molecule has 3 nitrogen and oxygen atoms in total. The van der Waals surface area contributed by atoms with Crippen LogP contribution in [0.25, 0.3) is 0 Å². The molecule has 1 atom stereocenters. The molecule has 21 heavy (non-hydrogen) atoms. The fourth-order valence-electron chi connectivity index (χ4n) is 2.62. The minimum absolute atomic E-state index is 0.324. The average Bonchev–Trinajstić information content (AvgIpc) is 2.93. The molecule has 2 heterocycles. The van der Waals surface area contributed by atoms with Gasteiger partial charge < -0.3 is 4.74 Å². The van der Waals surface area contributed by atoms with Crippen LogP contribution in [0.15, 0.2) is 35.3 Å². The van der Waals surface area contributed by atoms with Crippen molar-refractivity contribution in [1.82, 2.24) is 4.90 Å². The van der Waals surface area contributed by atoms with Crippen LogP contribution in [0.3, 0.4) is 0 Å². The topological polar surface area (TPSA) is 24.8 Å². The van der Waals surface area contributed by atoms with Gasteiger partial charge in [0.25, 0.3) is 0 Å². The van der Waals surface area contributed by atoms with Crippen molar-refractivity contribution in [1.29, 1.82) is 0 Å². The average molecular weight is 322 g/mol. The molecule has 0 aliphatic carbocycles. The molecule has 5 heteroatoms. The number of nitrogens with zero attached hydrogens (tertiary/aromatic N) is 2. The molecule has 3 rings (SSSR count). The van der Waals surface area contributed by atoms with Crippen molar-refractivity contribution in [3.05, 3.63) is 35.9 Å². The van der Waals surface area contributed by atoms with Crippen LogP contribution in [0.2, 0.25) is 0 Å². The van der Waals surface area contributed by atoms with Gasteiger partial charge in [-0.05, 0) is 12.0 Å². The van der Waals surface area contributed by atoms with Gasteiger partial charge in [-0.2, -0.15) is 0 Å². The summed E-state index contributed by atoms with van der Waals surface area (Å²) in [5, 5.41) is 0. The molecule has 1 fully saturated rings. The second-order valence-corrected chi connectivity index (χ2v) is 7.72. The quantitative estimate of drug-likeness (QED) is 0.850. The van der Waals surface area contributed by atoms with E-state index in [0.717, 1.165) is 50.7 Å². The van der Waals surface area contributed by atoms with E-state index in [4.69, 9.17) is 4.74 Å². The molecule has 1 aromatic carbocycles. The third kappa shape index (κ3) is 5.02. The van der Waals surface area contributed by atoms with Crippen molar-refractivity contribution < 1.29 is 4.74 Å². The summed E-state index contributed by atoms with van der Waals surface area (Å²) in [6.07, 6.45) is 1.45. The van der Waals surface area contributed by atoms with Crippen LogP contribution in [0.5, 0.6) is 0 Å². The molecule has 1 aromatic rings. The van der Waals surface area contributed by atoms with Crippen molar-refractivity contribution >= 4 is 27.9 Å². The smallest absolute Gasteiger partial charge is 0.124 e. The summed E-state index contributed by atoms with van der Waals surface area (Å²) >= 11 is 3.75. The lowest BCUT2D eigenvalue weighted by molar-refractivity contribution is 0.0702. The lowest BCUT2D eigenvalue weighted by Gasteiger charge is -2.23. The lowest BCUT2D eigenvalue weighted by Crippen LogP contribution is -2.32. The van der Waals surface area contributed by atoms with Gasteiger partial charge in [0.2, 0.25) is 0 Å². The number of rotatable bonds is 4. The zero-order chi connectivity index (χ0) is 14.3. The first-order valence-electron chi connectivity index (χ1n) is 7.58. The van der Waals surface area contributed by atoms with Gasteiger partial charge in [-0.3, -0.25) is 9.89 Å². The van der Waals surface area contributed by atoms with Gasteiger partial charge in [-0.25, -0.2) is 0 Å². The second kappa shape index (κ2) is 8.22. The van der Waals surface area contributed by atoms with Crippen LogP contribution in [-0.4, -0.2) is 53.1 Å². The molecule has 1 unspecified atom stereocenters. The summed E-state index contributed by atoms with van der Waals surface area (Å²) < 4.78 is 7.25. The maximum Gasteiger partial charge on any atom is 0.124 e. The van der Waals surface area contributed by atoms with Gasteiger partial charge in [0.1, 0.15) is 4.38 Å². The predicted molar refractivity (Wildman–Crippen MR) is 93.3 cm³/mol. The molecule has 0 spiro atoms. The van der Waals surface area contributed by atoms with Crippen molar-refractivity contribution in [3.63, 3.8) is 0 Å². The fraction of sp³-hybridized carbons (Fsp3) is 0.562. The van der Waals surface area contributed by atoms with E-state index < -0.39 is 0 Å². The zero-order valence-electron chi connectivity index (χ0n) is 12.2. The second-order valence-electron chi connectivity index (χ2n) is 5.37. The maximum absolute atomic E-state index is 6.00. The van der Waals surface area contributed by atoms with Gasteiger partial charge >= 0.3 is 0 Å². The number of hydrogen-bond acceptors (Lipinski definition) is 5. The van der Waals surface area contributed by atoms with Crippen molar-refractivity contribution in [2.24, 2.45) is 4.99 Å². The van der Waals surface area contributed by atoms with E-state index in [2.05, 4.69) is 40.2 Å². The first-order valence-corrected chi connectivity index (χ1v) is 9.55. The fourth-order valence-corrected chi connectivity index (χ4v) is 4.66. The van der Waals surface area contributed by atoms with Gasteiger partial charge in [-0.1, -0.05) is 53.9 Å². The summed E-state index contributed by atoms with van der Waals surface area (Å²) in [6, 6.07) is 10.7. The van der Waals surface area contributed by atoms with Crippen molar-refractivity contribution in [2.45, 2.75) is 19.1 Å². The summed E-state index contributed by atoms with van der Waals surface area (Å²) in [5.74, 6) is 2.17. The predicted octanol–water partition coefficient (Wildman–Crippen LogP) is 3.11. The maximum atomic E-state index is 6.00. The highest BCUT2D eigenvalue weighted by Crippen LogP contribution is 2.24. The van der Waals surface area contributed by atoms with E-state index >= 15 is 0 Å². The first kappa shape index (κ1) is 15.4. The third-order valence-electron chi connectivity index (χ3n) is 3.63. The highest BCUT2D eigenvalue weighted by molar-refractivity contribution is 8.39. The molecule has 0 aromatic heterocycles. The van der Waals surface area contributed by atoms with Crippen LogP contribution in [-0.2, 0) is 11.3 Å². The summed E-state index contributed by atoms with van der Waals surface area (Å²) in [5.41, 5.74) is 1.39. The van der Waals surface area contributed by atoms with E-state index in [1.807, 2.05) is 23.5 Å². The van der Waals surface area contributed by atoms with E-state index in [1.54, 1.807) is 0 Å². The Morgan fingerprint density at radius 2 is 2.24 bits per heavy atom.